The lowest BCUT2D eigenvalue weighted by atomic mass is 9.80. The fourth-order valence-electron chi connectivity index (χ4n) is 3.27. The summed E-state index contributed by atoms with van der Waals surface area (Å²) < 4.78 is 14.5. The standard InChI is InChI=1S/C16H21BrFN/c17-15-6-3-13(18)9-12(15)10-16(7-1-2-8-16)11-19-14-4-5-14/h3,6,9,14,19H,1-2,4-5,7-8,10-11H2. The van der Waals surface area contributed by atoms with Gasteiger partial charge in [0.25, 0.3) is 0 Å². The number of rotatable bonds is 5. The van der Waals surface area contributed by atoms with E-state index in [2.05, 4.69) is 21.2 Å². The number of hydrogen-bond donors (Lipinski definition) is 1. The summed E-state index contributed by atoms with van der Waals surface area (Å²) in [5, 5.41) is 3.68. The number of halogens is 2. The molecule has 1 nitrogen and oxygen atoms in total. The molecular formula is C16H21BrFN. The number of nitrogens with one attached hydrogen (secondary N) is 1. The Bertz CT molecular complexity index is 450. The first-order valence-corrected chi connectivity index (χ1v) is 8.14. The average molecular weight is 326 g/mol. The molecule has 2 aliphatic rings. The van der Waals surface area contributed by atoms with Crippen molar-refractivity contribution < 1.29 is 4.39 Å². The van der Waals surface area contributed by atoms with Crippen molar-refractivity contribution in [3.8, 4) is 0 Å². The van der Waals surface area contributed by atoms with E-state index in [0.717, 1.165) is 29.0 Å². The van der Waals surface area contributed by atoms with Gasteiger partial charge in [0.2, 0.25) is 0 Å². The van der Waals surface area contributed by atoms with E-state index in [1.54, 1.807) is 6.07 Å². The van der Waals surface area contributed by atoms with Gasteiger partial charge in [-0.25, -0.2) is 4.39 Å². The number of hydrogen-bond acceptors (Lipinski definition) is 1. The van der Waals surface area contributed by atoms with E-state index in [4.69, 9.17) is 0 Å². The minimum absolute atomic E-state index is 0.124. The van der Waals surface area contributed by atoms with Crippen LogP contribution in [0, 0.1) is 11.2 Å². The molecule has 2 fully saturated rings. The van der Waals surface area contributed by atoms with Gasteiger partial charge in [-0.2, -0.15) is 0 Å². The van der Waals surface area contributed by atoms with Crippen LogP contribution < -0.4 is 5.32 Å². The zero-order chi connectivity index (χ0) is 13.3. The van der Waals surface area contributed by atoms with Gasteiger partial charge in [0.15, 0.2) is 0 Å². The third kappa shape index (κ3) is 3.38. The van der Waals surface area contributed by atoms with E-state index in [-0.39, 0.29) is 5.82 Å². The van der Waals surface area contributed by atoms with Crippen molar-refractivity contribution in [1.29, 1.82) is 0 Å². The van der Waals surface area contributed by atoms with E-state index >= 15 is 0 Å². The maximum atomic E-state index is 13.4. The van der Waals surface area contributed by atoms with E-state index in [0.29, 0.717) is 5.41 Å². The molecule has 3 heteroatoms. The Kier molecular flexibility index (Phi) is 3.95. The smallest absolute Gasteiger partial charge is 0.123 e. The zero-order valence-corrected chi connectivity index (χ0v) is 12.8. The molecule has 1 aromatic carbocycles. The molecule has 0 aliphatic heterocycles. The van der Waals surface area contributed by atoms with Gasteiger partial charge in [0.05, 0.1) is 0 Å². The topological polar surface area (TPSA) is 12.0 Å². The van der Waals surface area contributed by atoms with Crippen molar-refractivity contribution in [2.45, 2.75) is 51.0 Å². The molecule has 0 atom stereocenters. The third-order valence-corrected chi connectivity index (χ3v) is 5.35. The molecule has 0 unspecified atom stereocenters. The molecule has 3 rings (SSSR count). The lowest BCUT2D eigenvalue weighted by Crippen LogP contribution is -2.35. The summed E-state index contributed by atoms with van der Waals surface area (Å²) in [7, 11) is 0. The van der Waals surface area contributed by atoms with Gasteiger partial charge in [-0.3, -0.25) is 0 Å². The van der Waals surface area contributed by atoms with E-state index in [1.165, 1.54) is 44.6 Å². The molecule has 0 saturated heterocycles. The van der Waals surface area contributed by atoms with Gasteiger partial charge in [0, 0.05) is 17.1 Å². The highest BCUT2D eigenvalue weighted by molar-refractivity contribution is 9.10. The molecule has 19 heavy (non-hydrogen) atoms. The van der Waals surface area contributed by atoms with Crippen LogP contribution in [0.5, 0.6) is 0 Å². The van der Waals surface area contributed by atoms with Crippen molar-refractivity contribution in [2.24, 2.45) is 5.41 Å². The van der Waals surface area contributed by atoms with Gasteiger partial charge in [-0.1, -0.05) is 28.8 Å². The number of benzene rings is 1. The van der Waals surface area contributed by atoms with Gasteiger partial charge in [-0.15, -0.1) is 0 Å². The first-order valence-electron chi connectivity index (χ1n) is 7.34. The molecule has 0 amide bonds. The van der Waals surface area contributed by atoms with Crippen molar-refractivity contribution in [1.82, 2.24) is 5.32 Å². The van der Waals surface area contributed by atoms with Crippen LogP contribution in [0.15, 0.2) is 22.7 Å². The second-order valence-corrected chi connectivity index (χ2v) is 7.13. The molecule has 104 valence electrons. The largest absolute Gasteiger partial charge is 0.313 e. The summed E-state index contributed by atoms with van der Waals surface area (Å²) in [5.74, 6) is -0.124. The van der Waals surface area contributed by atoms with Gasteiger partial charge in [-0.05, 0) is 61.3 Å². The van der Waals surface area contributed by atoms with E-state index < -0.39 is 0 Å². The fraction of sp³-hybridized carbons (Fsp3) is 0.625. The molecule has 2 aliphatic carbocycles. The quantitative estimate of drug-likeness (QED) is 0.843. The lowest BCUT2D eigenvalue weighted by Gasteiger charge is -2.30. The summed E-state index contributed by atoms with van der Waals surface area (Å²) in [6.07, 6.45) is 8.84. The highest BCUT2D eigenvalue weighted by atomic mass is 79.9. The van der Waals surface area contributed by atoms with Crippen LogP contribution in [0.2, 0.25) is 0 Å². The van der Waals surface area contributed by atoms with Crippen molar-refractivity contribution in [2.75, 3.05) is 6.54 Å². The van der Waals surface area contributed by atoms with Gasteiger partial charge >= 0.3 is 0 Å². The molecule has 0 radical (unpaired) electrons. The zero-order valence-electron chi connectivity index (χ0n) is 11.2. The Morgan fingerprint density at radius 2 is 2.00 bits per heavy atom. The van der Waals surface area contributed by atoms with Crippen molar-refractivity contribution in [3.05, 3.63) is 34.1 Å². The van der Waals surface area contributed by atoms with E-state index in [1.807, 2.05) is 6.07 Å². The molecule has 1 aromatic rings. The predicted octanol–water partition coefficient (Wildman–Crippen LogP) is 4.44. The van der Waals surface area contributed by atoms with E-state index in [9.17, 15) is 4.39 Å². The molecular weight excluding hydrogens is 305 g/mol. The first-order chi connectivity index (χ1) is 9.17. The van der Waals surface area contributed by atoms with Crippen LogP contribution in [-0.4, -0.2) is 12.6 Å². The Hall–Kier alpha value is -0.410. The Balaban J connectivity index is 1.74. The van der Waals surface area contributed by atoms with Crippen LogP contribution in [-0.2, 0) is 6.42 Å². The monoisotopic (exact) mass is 325 g/mol. The Morgan fingerprint density at radius 1 is 1.26 bits per heavy atom. The molecule has 0 heterocycles. The van der Waals surface area contributed by atoms with Crippen LogP contribution in [0.1, 0.15) is 44.1 Å². The molecule has 2 saturated carbocycles. The van der Waals surface area contributed by atoms with Gasteiger partial charge in [0.1, 0.15) is 5.82 Å². The third-order valence-electron chi connectivity index (χ3n) is 4.58. The average Bonchev–Trinajstić information content (AvgIpc) is 3.12. The lowest BCUT2D eigenvalue weighted by molar-refractivity contribution is 0.276. The maximum Gasteiger partial charge on any atom is 0.123 e. The first kappa shape index (κ1) is 13.6. The minimum atomic E-state index is -0.124. The highest BCUT2D eigenvalue weighted by Crippen LogP contribution is 2.42. The van der Waals surface area contributed by atoms with Crippen LogP contribution >= 0.6 is 15.9 Å². The molecule has 0 spiro atoms. The Morgan fingerprint density at radius 3 is 2.68 bits per heavy atom. The second kappa shape index (κ2) is 5.53. The molecule has 1 N–H and O–H groups in total. The summed E-state index contributed by atoms with van der Waals surface area (Å²) in [5.41, 5.74) is 1.47. The van der Waals surface area contributed by atoms with Crippen LogP contribution in [0.3, 0.4) is 0 Å². The highest BCUT2D eigenvalue weighted by Gasteiger charge is 2.36. The SMILES string of the molecule is Fc1ccc(Br)c(CC2(CNC3CC3)CCCC2)c1. The summed E-state index contributed by atoms with van der Waals surface area (Å²) in [6, 6.07) is 5.81. The predicted molar refractivity (Wildman–Crippen MR) is 79.7 cm³/mol. The van der Waals surface area contributed by atoms with Crippen LogP contribution in [0.4, 0.5) is 4.39 Å². The maximum absolute atomic E-state index is 13.4. The summed E-state index contributed by atoms with van der Waals surface area (Å²) in [4.78, 5) is 0. The van der Waals surface area contributed by atoms with Gasteiger partial charge < -0.3 is 5.32 Å². The fourth-order valence-corrected chi connectivity index (χ4v) is 3.66. The van der Waals surface area contributed by atoms with Crippen LogP contribution in [0.25, 0.3) is 0 Å². The molecule has 0 aromatic heterocycles. The second-order valence-electron chi connectivity index (χ2n) is 6.27. The van der Waals surface area contributed by atoms with Crippen molar-refractivity contribution >= 4 is 15.9 Å². The summed E-state index contributed by atoms with van der Waals surface area (Å²) in [6.45, 7) is 1.10. The Labute approximate surface area is 123 Å². The normalized spacial score (nSPS) is 21.8. The summed E-state index contributed by atoms with van der Waals surface area (Å²) >= 11 is 3.57. The minimum Gasteiger partial charge on any atom is -0.313 e. The molecule has 0 bridgehead atoms. The van der Waals surface area contributed by atoms with Crippen molar-refractivity contribution in [3.63, 3.8) is 0 Å².